The molecule has 0 aliphatic carbocycles. The average Bonchev–Trinajstić information content (AvgIpc) is 1.91. The lowest BCUT2D eigenvalue weighted by Crippen LogP contribution is -1.93. The van der Waals surface area contributed by atoms with Gasteiger partial charge in [-0.15, -0.1) is 0 Å². The van der Waals surface area contributed by atoms with Gasteiger partial charge in [-0.05, 0) is 24.3 Å². The first-order valence-electron chi connectivity index (χ1n) is 3.09. The van der Waals surface area contributed by atoms with E-state index < -0.39 is 3.12 Å². The standard InChI is InChI=1S/C7H6Cl3NS/c8-7(9,10)12-6-3-1-5(11)2-4-6/h1-4H,11H2. The van der Waals surface area contributed by atoms with Gasteiger partial charge < -0.3 is 5.73 Å². The fraction of sp³-hybridized carbons (Fsp3) is 0.143. The van der Waals surface area contributed by atoms with E-state index in [0.717, 1.165) is 16.7 Å². The van der Waals surface area contributed by atoms with E-state index in [4.69, 9.17) is 40.5 Å². The fourth-order valence-corrected chi connectivity index (χ4v) is 2.01. The van der Waals surface area contributed by atoms with Gasteiger partial charge in [0.1, 0.15) is 0 Å². The first-order valence-corrected chi connectivity index (χ1v) is 5.04. The SMILES string of the molecule is Nc1ccc(SC(Cl)(Cl)Cl)cc1. The molecule has 0 bridgehead atoms. The number of hydrogen-bond acceptors (Lipinski definition) is 2. The summed E-state index contributed by atoms with van der Waals surface area (Å²) >= 11 is 17.9. The van der Waals surface area contributed by atoms with Crippen molar-refractivity contribution >= 4 is 52.3 Å². The molecule has 1 rings (SSSR count). The molecule has 0 aliphatic rings. The van der Waals surface area contributed by atoms with E-state index in [2.05, 4.69) is 0 Å². The third-order valence-corrected chi connectivity index (χ3v) is 2.55. The minimum Gasteiger partial charge on any atom is -0.399 e. The highest BCUT2D eigenvalue weighted by Crippen LogP contribution is 2.43. The molecule has 0 amide bonds. The van der Waals surface area contributed by atoms with E-state index in [0.29, 0.717) is 5.69 Å². The van der Waals surface area contributed by atoms with Crippen molar-refractivity contribution in [3.05, 3.63) is 24.3 Å². The summed E-state index contributed by atoms with van der Waals surface area (Å²) in [6.07, 6.45) is 0. The number of thioether (sulfide) groups is 1. The first-order chi connectivity index (χ1) is 5.47. The molecule has 0 atom stereocenters. The number of nitrogens with two attached hydrogens (primary N) is 1. The Labute approximate surface area is 90.2 Å². The third kappa shape index (κ3) is 3.76. The molecule has 2 N–H and O–H groups in total. The van der Waals surface area contributed by atoms with Crippen molar-refractivity contribution in [3.63, 3.8) is 0 Å². The number of rotatable bonds is 1. The number of anilines is 1. The van der Waals surface area contributed by atoms with Crippen LogP contribution in [-0.2, 0) is 0 Å². The summed E-state index contributed by atoms with van der Waals surface area (Å²) in [5, 5.41) is 0. The van der Waals surface area contributed by atoms with Gasteiger partial charge in [0.2, 0.25) is 3.12 Å². The molecule has 0 radical (unpaired) electrons. The zero-order valence-corrected chi connectivity index (χ0v) is 9.01. The van der Waals surface area contributed by atoms with Crippen LogP contribution in [-0.4, -0.2) is 3.12 Å². The number of halogens is 3. The van der Waals surface area contributed by atoms with Crippen LogP contribution in [0.3, 0.4) is 0 Å². The second-order valence-corrected chi connectivity index (χ2v) is 6.36. The number of benzene rings is 1. The molecular weight excluding hydrogens is 237 g/mol. The number of alkyl halides is 3. The Balaban J connectivity index is 2.71. The van der Waals surface area contributed by atoms with Crippen LogP contribution < -0.4 is 5.73 Å². The van der Waals surface area contributed by atoms with Crippen LogP contribution in [0.25, 0.3) is 0 Å². The van der Waals surface area contributed by atoms with E-state index in [1.54, 1.807) is 12.1 Å². The molecule has 0 heterocycles. The summed E-state index contributed by atoms with van der Waals surface area (Å²) in [4.78, 5) is 0.879. The molecule has 66 valence electrons. The molecule has 1 nitrogen and oxygen atoms in total. The second kappa shape index (κ2) is 3.97. The van der Waals surface area contributed by atoms with Crippen LogP contribution >= 0.6 is 46.6 Å². The summed E-state index contributed by atoms with van der Waals surface area (Å²) in [7, 11) is 0. The maximum absolute atomic E-state index is 5.57. The van der Waals surface area contributed by atoms with Gasteiger partial charge >= 0.3 is 0 Å². The Morgan fingerprint density at radius 3 is 2.00 bits per heavy atom. The van der Waals surface area contributed by atoms with Crippen molar-refractivity contribution in [3.8, 4) is 0 Å². The summed E-state index contributed by atoms with van der Waals surface area (Å²) < 4.78 is -1.31. The van der Waals surface area contributed by atoms with Gasteiger partial charge in [-0.1, -0.05) is 46.6 Å². The van der Waals surface area contributed by atoms with Gasteiger partial charge in [-0.2, -0.15) is 0 Å². The lowest BCUT2D eigenvalue weighted by Gasteiger charge is -2.09. The van der Waals surface area contributed by atoms with E-state index in [1.807, 2.05) is 12.1 Å². The zero-order chi connectivity index (χ0) is 9.19. The summed E-state index contributed by atoms with van der Waals surface area (Å²) in [6, 6.07) is 7.14. The van der Waals surface area contributed by atoms with Gasteiger partial charge in [-0.25, -0.2) is 0 Å². The number of nitrogen functional groups attached to an aromatic ring is 1. The highest BCUT2D eigenvalue weighted by molar-refractivity contribution is 8.04. The van der Waals surface area contributed by atoms with Gasteiger partial charge in [0.15, 0.2) is 0 Å². The van der Waals surface area contributed by atoms with Gasteiger partial charge in [0.25, 0.3) is 0 Å². The molecule has 1 aromatic carbocycles. The molecule has 0 aromatic heterocycles. The Bertz CT molecular complexity index is 254. The quantitative estimate of drug-likeness (QED) is 0.462. The predicted molar refractivity (Wildman–Crippen MR) is 57.0 cm³/mol. The monoisotopic (exact) mass is 241 g/mol. The van der Waals surface area contributed by atoms with Crippen molar-refractivity contribution < 1.29 is 0 Å². The first kappa shape index (κ1) is 10.3. The van der Waals surface area contributed by atoms with E-state index in [1.165, 1.54) is 0 Å². The van der Waals surface area contributed by atoms with Gasteiger partial charge in [0, 0.05) is 10.6 Å². The third-order valence-electron chi connectivity index (χ3n) is 1.11. The maximum atomic E-state index is 5.57. The summed E-state index contributed by atoms with van der Waals surface area (Å²) in [6.45, 7) is 0. The molecule has 0 saturated carbocycles. The Kier molecular flexibility index (Phi) is 3.41. The smallest absolute Gasteiger partial charge is 0.241 e. The predicted octanol–water partition coefficient (Wildman–Crippen LogP) is 3.69. The Morgan fingerprint density at radius 1 is 1.08 bits per heavy atom. The Hall–Kier alpha value is 0.240. The average molecular weight is 243 g/mol. The van der Waals surface area contributed by atoms with Gasteiger partial charge in [-0.3, -0.25) is 0 Å². The highest BCUT2D eigenvalue weighted by Gasteiger charge is 2.20. The van der Waals surface area contributed by atoms with Crippen LogP contribution in [0.15, 0.2) is 29.2 Å². The topological polar surface area (TPSA) is 26.0 Å². The molecule has 0 saturated heterocycles. The molecular formula is C7H6Cl3NS. The van der Waals surface area contributed by atoms with Crippen LogP contribution in [0.1, 0.15) is 0 Å². The molecule has 12 heavy (non-hydrogen) atoms. The van der Waals surface area contributed by atoms with Crippen molar-refractivity contribution in [2.45, 2.75) is 8.02 Å². The molecule has 0 fully saturated rings. The molecule has 0 aliphatic heterocycles. The van der Waals surface area contributed by atoms with Crippen LogP contribution in [0.5, 0.6) is 0 Å². The van der Waals surface area contributed by atoms with Gasteiger partial charge in [0.05, 0.1) is 0 Å². The van der Waals surface area contributed by atoms with Crippen molar-refractivity contribution in [2.75, 3.05) is 5.73 Å². The van der Waals surface area contributed by atoms with Crippen LogP contribution in [0, 0.1) is 0 Å². The van der Waals surface area contributed by atoms with Crippen molar-refractivity contribution in [2.24, 2.45) is 0 Å². The van der Waals surface area contributed by atoms with Crippen LogP contribution in [0.4, 0.5) is 5.69 Å². The number of hydrogen-bond donors (Lipinski definition) is 1. The van der Waals surface area contributed by atoms with E-state index >= 15 is 0 Å². The van der Waals surface area contributed by atoms with Crippen molar-refractivity contribution in [1.29, 1.82) is 0 Å². The summed E-state index contributed by atoms with van der Waals surface area (Å²) in [5.74, 6) is 0. The largest absolute Gasteiger partial charge is 0.399 e. The fourth-order valence-electron chi connectivity index (χ4n) is 0.669. The van der Waals surface area contributed by atoms with Crippen molar-refractivity contribution in [1.82, 2.24) is 0 Å². The minimum atomic E-state index is -1.31. The zero-order valence-electron chi connectivity index (χ0n) is 5.93. The lowest BCUT2D eigenvalue weighted by atomic mass is 10.3. The molecule has 0 spiro atoms. The van der Waals surface area contributed by atoms with E-state index in [-0.39, 0.29) is 0 Å². The molecule has 1 aromatic rings. The second-order valence-electron chi connectivity index (χ2n) is 2.12. The molecule has 5 heteroatoms. The maximum Gasteiger partial charge on any atom is 0.241 e. The Morgan fingerprint density at radius 2 is 1.58 bits per heavy atom. The highest BCUT2D eigenvalue weighted by atomic mass is 35.6. The lowest BCUT2D eigenvalue weighted by molar-refractivity contribution is 1.45. The minimum absolute atomic E-state index is 0.698. The molecule has 0 unspecified atom stereocenters. The normalized spacial score (nSPS) is 11.6. The van der Waals surface area contributed by atoms with E-state index in [9.17, 15) is 0 Å². The van der Waals surface area contributed by atoms with Crippen LogP contribution in [0.2, 0.25) is 0 Å². The summed E-state index contributed by atoms with van der Waals surface area (Å²) in [5.41, 5.74) is 6.18.